The second kappa shape index (κ2) is 8.27. The van der Waals surface area contributed by atoms with Gasteiger partial charge in [-0.25, -0.2) is 9.18 Å². The van der Waals surface area contributed by atoms with Crippen LogP contribution in [0.3, 0.4) is 0 Å². The molecule has 0 bridgehead atoms. The van der Waals surface area contributed by atoms with Gasteiger partial charge in [-0.05, 0) is 67.6 Å². The molecule has 0 aliphatic heterocycles. The predicted octanol–water partition coefficient (Wildman–Crippen LogP) is 4.35. The molecule has 0 aliphatic carbocycles. The van der Waals surface area contributed by atoms with Gasteiger partial charge in [0.2, 0.25) is 0 Å². The van der Waals surface area contributed by atoms with E-state index in [-0.39, 0.29) is 12.4 Å². The average molecular weight is 364 g/mol. The van der Waals surface area contributed by atoms with Crippen LogP contribution in [-0.4, -0.2) is 18.4 Å². The number of rotatable bonds is 6. The van der Waals surface area contributed by atoms with E-state index >= 15 is 0 Å². The lowest BCUT2D eigenvalue weighted by molar-refractivity contribution is -0.136. The first kappa shape index (κ1) is 18.3. The Kier molecular flexibility index (Phi) is 5.61. The molecular weight excluding hydrogens is 347 g/mol. The predicted molar refractivity (Wildman–Crippen MR) is 98.6 cm³/mol. The average Bonchev–Trinajstić information content (AvgIpc) is 2.68. The summed E-state index contributed by atoms with van der Waals surface area (Å²) in [5.74, 6) is -0.300. The largest absolute Gasteiger partial charge is 0.482 e. The fourth-order valence-corrected chi connectivity index (χ4v) is 2.38. The van der Waals surface area contributed by atoms with Crippen LogP contribution < -0.4 is 9.47 Å². The number of ketones is 1. The minimum Gasteiger partial charge on any atom is -0.482 e. The maximum absolute atomic E-state index is 12.9. The van der Waals surface area contributed by atoms with Gasteiger partial charge < -0.3 is 9.47 Å². The summed E-state index contributed by atoms with van der Waals surface area (Å²) in [5.41, 5.74) is 1.89. The molecule has 0 atom stereocenters. The summed E-state index contributed by atoms with van der Waals surface area (Å²) in [6.07, 6.45) is 0. The number of carbonyl (C=O) groups excluding carboxylic acids is 2. The first-order valence-corrected chi connectivity index (χ1v) is 8.32. The van der Waals surface area contributed by atoms with Gasteiger partial charge in [-0.1, -0.05) is 17.7 Å². The number of carbonyl (C=O) groups is 2. The third kappa shape index (κ3) is 5.01. The van der Waals surface area contributed by atoms with Crippen molar-refractivity contribution in [2.45, 2.75) is 6.92 Å². The molecule has 0 aromatic heterocycles. The molecule has 0 heterocycles. The molecule has 0 spiro atoms. The van der Waals surface area contributed by atoms with E-state index in [1.165, 1.54) is 36.4 Å². The van der Waals surface area contributed by atoms with Gasteiger partial charge in [-0.15, -0.1) is 0 Å². The Balaban J connectivity index is 1.56. The molecule has 5 heteroatoms. The fourth-order valence-electron chi connectivity index (χ4n) is 2.38. The van der Waals surface area contributed by atoms with E-state index < -0.39 is 11.8 Å². The maximum Gasteiger partial charge on any atom is 0.349 e. The minimum absolute atomic E-state index is 0.223. The molecule has 0 aliphatic rings. The van der Waals surface area contributed by atoms with E-state index in [2.05, 4.69) is 0 Å². The van der Waals surface area contributed by atoms with Crippen LogP contribution >= 0.6 is 0 Å². The van der Waals surface area contributed by atoms with E-state index in [0.717, 1.165) is 5.56 Å². The van der Waals surface area contributed by atoms with Crippen LogP contribution in [0.1, 0.15) is 21.5 Å². The molecule has 3 rings (SSSR count). The lowest BCUT2D eigenvalue weighted by Crippen LogP contribution is -2.17. The van der Waals surface area contributed by atoms with E-state index in [0.29, 0.717) is 22.6 Å². The van der Waals surface area contributed by atoms with Crippen LogP contribution in [0.25, 0.3) is 0 Å². The van der Waals surface area contributed by atoms with Crippen molar-refractivity contribution in [2.24, 2.45) is 0 Å². The fraction of sp³-hybridized carbons (Fsp3) is 0.0909. The van der Waals surface area contributed by atoms with Gasteiger partial charge in [0.1, 0.15) is 17.3 Å². The Bertz CT molecular complexity index is 930. The molecule has 0 unspecified atom stereocenters. The zero-order valence-electron chi connectivity index (χ0n) is 14.6. The zero-order valence-corrected chi connectivity index (χ0v) is 14.6. The Morgan fingerprint density at radius 2 is 1.30 bits per heavy atom. The normalized spacial score (nSPS) is 10.3. The van der Waals surface area contributed by atoms with Crippen molar-refractivity contribution in [1.29, 1.82) is 0 Å². The molecule has 136 valence electrons. The second-order valence-corrected chi connectivity index (χ2v) is 5.94. The van der Waals surface area contributed by atoms with Crippen LogP contribution in [-0.2, 0) is 4.79 Å². The number of hydrogen-bond acceptors (Lipinski definition) is 4. The van der Waals surface area contributed by atoms with E-state index in [1.807, 2.05) is 19.1 Å². The van der Waals surface area contributed by atoms with Crippen molar-refractivity contribution in [1.82, 2.24) is 0 Å². The molecule has 0 saturated heterocycles. The monoisotopic (exact) mass is 364 g/mol. The maximum atomic E-state index is 12.9. The van der Waals surface area contributed by atoms with Crippen molar-refractivity contribution in [3.05, 3.63) is 95.3 Å². The zero-order chi connectivity index (χ0) is 19.2. The lowest BCUT2D eigenvalue weighted by atomic mass is 10.0. The van der Waals surface area contributed by atoms with Crippen molar-refractivity contribution in [3.63, 3.8) is 0 Å². The Morgan fingerprint density at radius 3 is 1.89 bits per heavy atom. The summed E-state index contributed by atoms with van der Waals surface area (Å²) in [6, 6.07) is 18.8. The minimum atomic E-state index is -0.548. The molecule has 0 saturated carbocycles. The number of aryl methyl sites for hydroxylation is 1. The molecule has 3 aromatic carbocycles. The van der Waals surface area contributed by atoms with Crippen LogP contribution in [0, 0.1) is 12.7 Å². The molecule has 3 aromatic rings. The molecule has 0 amide bonds. The van der Waals surface area contributed by atoms with E-state index in [1.54, 1.807) is 24.3 Å². The SMILES string of the molecule is Cc1ccc(OCC(=O)Oc2ccc(C(=O)c3ccc(F)cc3)cc2)cc1. The Labute approximate surface area is 156 Å². The summed E-state index contributed by atoms with van der Waals surface area (Å²) < 4.78 is 23.5. The van der Waals surface area contributed by atoms with Gasteiger partial charge in [-0.3, -0.25) is 4.79 Å². The first-order chi connectivity index (χ1) is 13.0. The molecule has 0 N–H and O–H groups in total. The number of benzene rings is 3. The summed E-state index contributed by atoms with van der Waals surface area (Å²) in [4.78, 5) is 24.2. The van der Waals surface area contributed by atoms with Crippen LogP contribution in [0.5, 0.6) is 11.5 Å². The topological polar surface area (TPSA) is 52.6 Å². The highest BCUT2D eigenvalue weighted by molar-refractivity contribution is 6.09. The summed E-state index contributed by atoms with van der Waals surface area (Å²) >= 11 is 0. The third-order valence-corrected chi connectivity index (χ3v) is 3.83. The number of esters is 1. The van der Waals surface area contributed by atoms with Gasteiger partial charge >= 0.3 is 5.97 Å². The molecule has 27 heavy (non-hydrogen) atoms. The molecular formula is C22H17FO4. The number of hydrogen-bond donors (Lipinski definition) is 0. The van der Waals surface area contributed by atoms with Gasteiger partial charge in [0.15, 0.2) is 12.4 Å². The van der Waals surface area contributed by atoms with Gasteiger partial charge in [-0.2, -0.15) is 0 Å². The van der Waals surface area contributed by atoms with E-state index in [4.69, 9.17) is 9.47 Å². The van der Waals surface area contributed by atoms with Crippen LogP contribution in [0.15, 0.2) is 72.8 Å². The lowest BCUT2D eigenvalue weighted by Gasteiger charge is -2.08. The van der Waals surface area contributed by atoms with Gasteiger partial charge in [0.25, 0.3) is 0 Å². The van der Waals surface area contributed by atoms with E-state index in [9.17, 15) is 14.0 Å². The second-order valence-electron chi connectivity index (χ2n) is 5.94. The quantitative estimate of drug-likeness (QED) is 0.371. The van der Waals surface area contributed by atoms with Crippen molar-refractivity contribution < 1.29 is 23.5 Å². The summed E-state index contributed by atoms with van der Waals surface area (Å²) in [7, 11) is 0. The number of ether oxygens (including phenoxy) is 2. The molecule has 4 nitrogen and oxygen atoms in total. The highest BCUT2D eigenvalue weighted by Gasteiger charge is 2.11. The highest BCUT2D eigenvalue weighted by atomic mass is 19.1. The molecule has 0 radical (unpaired) electrons. The van der Waals surface area contributed by atoms with Crippen LogP contribution in [0.2, 0.25) is 0 Å². The number of halogens is 1. The van der Waals surface area contributed by atoms with Crippen molar-refractivity contribution in [2.75, 3.05) is 6.61 Å². The van der Waals surface area contributed by atoms with Crippen molar-refractivity contribution in [3.8, 4) is 11.5 Å². The standard InChI is InChI=1S/C22H17FO4/c1-15-2-10-19(11-3-15)26-14-21(24)27-20-12-6-17(7-13-20)22(25)16-4-8-18(23)9-5-16/h2-13H,14H2,1H3. The van der Waals surface area contributed by atoms with Gasteiger partial charge in [0, 0.05) is 11.1 Å². The Hall–Kier alpha value is -3.47. The smallest absolute Gasteiger partial charge is 0.349 e. The highest BCUT2D eigenvalue weighted by Crippen LogP contribution is 2.17. The van der Waals surface area contributed by atoms with Crippen LogP contribution in [0.4, 0.5) is 4.39 Å². The third-order valence-electron chi connectivity index (χ3n) is 3.83. The Morgan fingerprint density at radius 1 is 0.778 bits per heavy atom. The van der Waals surface area contributed by atoms with Crippen molar-refractivity contribution >= 4 is 11.8 Å². The molecule has 0 fully saturated rings. The summed E-state index contributed by atoms with van der Waals surface area (Å²) in [5, 5.41) is 0. The van der Waals surface area contributed by atoms with Gasteiger partial charge in [0.05, 0.1) is 0 Å². The summed E-state index contributed by atoms with van der Waals surface area (Å²) in [6.45, 7) is 1.74. The first-order valence-electron chi connectivity index (χ1n) is 8.32.